The Morgan fingerprint density at radius 2 is 0.739 bits per heavy atom. The van der Waals surface area contributed by atoms with Crippen LogP contribution in [-0.2, 0) is 43.0 Å². The van der Waals surface area contributed by atoms with Crippen LogP contribution in [0.2, 0.25) is 0 Å². The third kappa shape index (κ3) is 15.1. The molecule has 3 heterocycles. The Morgan fingerprint density at radius 1 is 0.455 bits per heavy atom. The van der Waals surface area contributed by atoms with Crippen LogP contribution in [0.1, 0.15) is 119 Å². The highest BCUT2D eigenvalue weighted by Crippen LogP contribution is 2.49. The monoisotopic (exact) mass is 1190 g/mol. The number of ether oxygens (including phenoxy) is 6. The number of esters is 6. The number of nitriles is 2. The highest BCUT2D eigenvalue weighted by Gasteiger charge is 2.44. The fourth-order valence-electron chi connectivity index (χ4n) is 12.7. The van der Waals surface area contributed by atoms with E-state index < -0.39 is 94.6 Å². The van der Waals surface area contributed by atoms with Crippen molar-refractivity contribution in [3.05, 3.63) is 170 Å². The van der Waals surface area contributed by atoms with Crippen molar-refractivity contribution in [1.29, 1.82) is 10.5 Å². The lowest BCUT2D eigenvalue weighted by molar-refractivity contribution is -0.148. The molecule has 3 aliphatic carbocycles. The van der Waals surface area contributed by atoms with Gasteiger partial charge in [-0.15, -0.1) is 0 Å². The van der Waals surface area contributed by atoms with Gasteiger partial charge in [0.1, 0.15) is 53.7 Å². The van der Waals surface area contributed by atoms with Crippen molar-refractivity contribution in [1.82, 2.24) is 14.7 Å². The number of hydrogen-bond donors (Lipinski definition) is 0. The lowest BCUT2D eigenvalue weighted by Gasteiger charge is -2.38. The van der Waals surface area contributed by atoms with E-state index in [1.54, 1.807) is 91.0 Å². The summed E-state index contributed by atoms with van der Waals surface area (Å²) >= 11 is 0. The predicted molar refractivity (Wildman–Crippen MR) is 324 cm³/mol. The zero-order valence-corrected chi connectivity index (χ0v) is 51.2. The van der Waals surface area contributed by atoms with Crippen LogP contribution in [0, 0.1) is 51.4 Å². The highest BCUT2D eigenvalue weighted by atomic mass is 16.6. The van der Waals surface area contributed by atoms with Crippen LogP contribution in [0.5, 0.6) is 17.2 Å². The van der Waals surface area contributed by atoms with Crippen molar-refractivity contribution in [3.63, 3.8) is 0 Å². The number of benzene rings is 3. The van der Waals surface area contributed by atoms with Gasteiger partial charge >= 0.3 is 35.8 Å². The summed E-state index contributed by atoms with van der Waals surface area (Å²) in [4.78, 5) is 97.5. The molecule has 3 aliphatic heterocycles. The average molecular weight is 1190 g/mol. The lowest BCUT2D eigenvalue weighted by Crippen LogP contribution is -2.35. The van der Waals surface area contributed by atoms with E-state index in [9.17, 15) is 39.3 Å². The first-order valence-corrected chi connectivity index (χ1v) is 30.3. The number of hydrogen-bond acceptors (Lipinski definition) is 17. The molecule has 18 heteroatoms. The zero-order valence-electron chi connectivity index (χ0n) is 51.2. The molecule has 0 unspecified atom stereocenters. The number of carbonyl (C=O) groups is 6. The molecule has 458 valence electrons. The van der Waals surface area contributed by atoms with Crippen molar-refractivity contribution < 1.29 is 57.2 Å². The summed E-state index contributed by atoms with van der Waals surface area (Å²) in [6.07, 6.45) is 7.01. The third-order valence-electron chi connectivity index (χ3n) is 16.8. The second-order valence-corrected chi connectivity index (χ2v) is 25.7. The number of allylic oxidation sites excluding steroid dienone is 3. The molecular formula is C70H76N6O12. The summed E-state index contributed by atoms with van der Waals surface area (Å²) in [5.41, 5.74) is -0.354. The molecule has 0 atom stereocenters. The van der Waals surface area contributed by atoms with Crippen LogP contribution in [0.4, 0.5) is 0 Å². The molecule has 0 amide bonds. The first-order chi connectivity index (χ1) is 42.2. The highest BCUT2D eigenvalue weighted by molar-refractivity contribution is 6.04. The van der Waals surface area contributed by atoms with Crippen molar-refractivity contribution in [3.8, 4) is 29.4 Å². The number of nitrogens with zero attached hydrogens (tertiary/aromatic N) is 6. The van der Waals surface area contributed by atoms with E-state index in [0.717, 1.165) is 38.5 Å². The summed E-state index contributed by atoms with van der Waals surface area (Å²) in [5.74, 6) is -6.02. The van der Waals surface area contributed by atoms with Crippen molar-refractivity contribution in [2.24, 2.45) is 22.2 Å². The van der Waals surface area contributed by atoms with Crippen LogP contribution in [0.3, 0.4) is 0 Å². The Morgan fingerprint density at radius 3 is 1.03 bits per heavy atom. The van der Waals surface area contributed by atoms with Crippen LogP contribution in [0.25, 0.3) is 4.85 Å². The van der Waals surface area contributed by atoms with Gasteiger partial charge in [0.15, 0.2) is 0 Å². The number of rotatable bonds is 18. The van der Waals surface area contributed by atoms with Gasteiger partial charge in [0, 0.05) is 56.4 Å². The van der Waals surface area contributed by atoms with Crippen LogP contribution in [0.15, 0.2) is 158 Å². The summed E-state index contributed by atoms with van der Waals surface area (Å²) < 4.78 is 35.7. The molecule has 0 bridgehead atoms. The van der Waals surface area contributed by atoms with Crippen molar-refractivity contribution in [2.45, 2.75) is 119 Å². The minimum absolute atomic E-state index is 0.0921. The van der Waals surface area contributed by atoms with E-state index in [2.05, 4.69) is 19.5 Å². The molecule has 3 aromatic rings. The summed E-state index contributed by atoms with van der Waals surface area (Å²) in [5, 5.41) is 21.9. The third-order valence-corrected chi connectivity index (χ3v) is 16.8. The molecule has 3 aromatic carbocycles. The van der Waals surface area contributed by atoms with Crippen molar-refractivity contribution >= 4 is 35.8 Å². The summed E-state index contributed by atoms with van der Waals surface area (Å²) in [7, 11) is 0. The molecule has 88 heavy (non-hydrogen) atoms. The molecule has 18 nitrogen and oxygen atoms in total. The van der Waals surface area contributed by atoms with Gasteiger partial charge in [-0.25, -0.2) is 28.8 Å². The fraction of sp³-hybridized carbons (Fsp3) is 0.443. The first-order valence-electron chi connectivity index (χ1n) is 30.3. The molecule has 6 aliphatic rings. The average Bonchev–Trinajstić information content (AvgIpc) is 1.79. The summed E-state index contributed by atoms with van der Waals surface area (Å²) in [6.45, 7) is 22.4. The molecular weight excluding hydrogens is 1120 g/mol. The lowest BCUT2D eigenvalue weighted by atomic mass is 9.72. The second-order valence-electron chi connectivity index (χ2n) is 25.7. The largest absolute Gasteiger partial charge is 0.470 e. The number of carbonyl (C=O) groups excluding carboxylic acids is 6. The van der Waals surface area contributed by atoms with E-state index in [-0.39, 0.29) is 69.9 Å². The molecule has 9 rings (SSSR count). The van der Waals surface area contributed by atoms with E-state index in [0.29, 0.717) is 75.6 Å². The standard InChI is InChI=1S/C70H76N6O12/c1-68(2)35-50(58(55(38-68)74-29-17-18-30-74)64(79)86-47-23-11-8-12-24-47)53(41-71)62(77)83-43-46(44-84-63(78)54(42-72)51-36-69(3,4)39-56(75-31-19-20-32-75)59(51)65(80)87-48-25-13-9-14-26-48)45-85-67(82)61(73-7)52-37-70(5,6)40-57(76-33-21-22-34-76)60(52)66(81)88-49-27-15-10-16-28-49/h8-16,23-28,46H,17-22,29-40,43-45H2,1-6H3/b53-50+,54-51+,61-52-. The Bertz CT molecular complexity index is 3160. The van der Waals surface area contributed by atoms with Gasteiger partial charge in [0.25, 0.3) is 5.70 Å². The van der Waals surface area contributed by atoms with E-state index in [4.69, 9.17) is 35.0 Å². The molecule has 0 radical (unpaired) electrons. The Labute approximate surface area is 515 Å². The molecule has 0 aromatic heterocycles. The smallest absolute Gasteiger partial charge is 0.349 e. The van der Waals surface area contributed by atoms with Gasteiger partial charge in [-0.2, -0.15) is 10.5 Å². The topological polar surface area (TPSA) is 219 Å². The van der Waals surface area contributed by atoms with Gasteiger partial charge in [-0.1, -0.05) is 96.1 Å². The van der Waals surface area contributed by atoms with E-state index in [1.165, 1.54) is 0 Å². The van der Waals surface area contributed by atoms with Gasteiger partial charge in [0.05, 0.1) is 35.8 Å². The maximum atomic E-state index is 14.7. The van der Waals surface area contributed by atoms with Crippen LogP contribution >= 0.6 is 0 Å². The second kappa shape index (κ2) is 27.7. The maximum absolute atomic E-state index is 14.7. The minimum atomic E-state index is -1.23. The van der Waals surface area contributed by atoms with Gasteiger partial charge in [-0.05, 0) is 146 Å². The Balaban J connectivity index is 1.08. The SMILES string of the molecule is [C-]#[N+]/C(C(=O)OCC(COC(=O)/C(C#N)=C1\CC(C)(C)CC(N2CCCC2)=C1C(=O)Oc1ccccc1)COC(=O)/C(C#N)=C1\CC(C)(C)CC(N2CCCC2)=C1C(=O)Oc1ccccc1)=C1/CC(C)(C)CC(N2CCCC2)=C1C(=O)Oc1ccccc1. The molecule has 0 saturated carbocycles. The van der Waals surface area contributed by atoms with Gasteiger partial charge in [-0.3, -0.25) is 4.79 Å². The molecule has 0 spiro atoms. The van der Waals surface area contributed by atoms with E-state index in [1.807, 2.05) is 53.7 Å². The zero-order chi connectivity index (χ0) is 62.8. The maximum Gasteiger partial charge on any atom is 0.349 e. The Kier molecular flexibility index (Phi) is 19.9. The molecule has 3 fully saturated rings. The van der Waals surface area contributed by atoms with Crippen LogP contribution < -0.4 is 14.2 Å². The van der Waals surface area contributed by atoms with E-state index >= 15 is 0 Å². The molecule has 3 saturated heterocycles. The number of para-hydroxylation sites is 3. The fourth-order valence-corrected chi connectivity index (χ4v) is 12.7. The number of likely N-dealkylation sites (tertiary alicyclic amines) is 3. The quantitative estimate of drug-likeness (QED) is 0.0289. The molecule has 0 N–H and O–H groups in total. The Hall–Kier alpha value is -9.21. The first kappa shape index (κ1) is 63.3. The van der Waals surface area contributed by atoms with Gasteiger partial charge < -0.3 is 43.1 Å². The minimum Gasteiger partial charge on any atom is -0.470 e. The normalized spacial score (nSPS) is 20.5. The summed E-state index contributed by atoms with van der Waals surface area (Å²) in [6, 6.07) is 29.5. The predicted octanol–water partition coefficient (Wildman–Crippen LogP) is 11.4. The van der Waals surface area contributed by atoms with Crippen LogP contribution in [-0.4, -0.2) is 110 Å². The van der Waals surface area contributed by atoms with Gasteiger partial charge in [0.2, 0.25) is 0 Å². The van der Waals surface area contributed by atoms with Crippen molar-refractivity contribution in [2.75, 3.05) is 59.1 Å².